The summed E-state index contributed by atoms with van der Waals surface area (Å²) >= 11 is 3.40. The number of hydrogen-bond acceptors (Lipinski definition) is 4. The zero-order chi connectivity index (χ0) is 12.3. The minimum atomic E-state index is 0.189. The van der Waals surface area contributed by atoms with E-state index in [1.165, 1.54) is 12.8 Å². The fraction of sp³-hybridized carbons (Fsp3) is 0.500. The van der Waals surface area contributed by atoms with Gasteiger partial charge in [0.05, 0.1) is 10.2 Å². The van der Waals surface area contributed by atoms with Crippen LogP contribution in [0.25, 0.3) is 0 Å². The number of halogens is 1. The molecule has 0 saturated heterocycles. The Hall–Kier alpha value is -1.12. The first-order valence-corrected chi connectivity index (χ1v) is 6.58. The highest BCUT2D eigenvalue weighted by Gasteiger charge is 2.22. The number of pyridine rings is 1. The predicted octanol–water partition coefficient (Wildman–Crippen LogP) is 2.40. The zero-order valence-electron chi connectivity index (χ0n) is 9.49. The molecule has 0 radical (unpaired) electrons. The molecule has 0 aliphatic heterocycles. The Balaban J connectivity index is 2.16. The molecule has 5 heteroatoms. The molecule has 17 heavy (non-hydrogen) atoms. The van der Waals surface area contributed by atoms with Crippen LogP contribution in [0.5, 0.6) is 0 Å². The van der Waals surface area contributed by atoms with E-state index in [9.17, 15) is 0 Å². The summed E-state index contributed by atoms with van der Waals surface area (Å²) in [5.74, 6) is 0. The predicted molar refractivity (Wildman–Crippen MR) is 70.5 cm³/mol. The highest BCUT2D eigenvalue weighted by atomic mass is 79.9. The molecule has 0 bridgehead atoms. The lowest BCUT2D eigenvalue weighted by Gasteiger charge is -2.30. The van der Waals surface area contributed by atoms with E-state index in [1.807, 2.05) is 6.07 Å². The van der Waals surface area contributed by atoms with Crippen LogP contribution in [0, 0.1) is 11.3 Å². The summed E-state index contributed by atoms with van der Waals surface area (Å²) in [5, 5.41) is 12.3. The van der Waals surface area contributed by atoms with Crippen LogP contribution in [-0.2, 0) is 0 Å². The van der Waals surface area contributed by atoms with E-state index >= 15 is 0 Å². The molecule has 0 unspecified atom stereocenters. The number of nitrogens with two attached hydrogens (primary N) is 1. The fourth-order valence-electron chi connectivity index (χ4n) is 2.17. The third-order valence-electron chi connectivity index (χ3n) is 3.16. The van der Waals surface area contributed by atoms with Crippen LogP contribution in [-0.4, -0.2) is 17.1 Å². The molecule has 0 spiro atoms. The number of nitriles is 1. The number of nitrogens with zero attached hydrogens (tertiary/aromatic N) is 2. The third kappa shape index (κ3) is 2.76. The van der Waals surface area contributed by atoms with Crippen molar-refractivity contribution in [3.8, 4) is 6.07 Å². The van der Waals surface area contributed by atoms with Crippen LogP contribution >= 0.6 is 15.9 Å². The molecule has 2 rings (SSSR count). The van der Waals surface area contributed by atoms with E-state index in [1.54, 1.807) is 6.20 Å². The van der Waals surface area contributed by atoms with Gasteiger partial charge in [-0.1, -0.05) is 12.8 Å². The quantitative estimate of drug-likeness (QED) is 0.878. The Morgan fingerprint density at radius 2 is 2.24 bits per heavy atom. The van der Waals surface area contributed by atoms with Gasteiger partial charge < -0.3 is 11.1 Å². The van der Waals surface area contributed by atoms with Crippen molar-refractivity contribution in [3.63, 3.8) is 0 Å². The van der Waals surface area contributed by atoms with Crippen molar-refractivity contribution in [2.75, 3.05) is 5.32 Å². The average molecular weight is 295 g/mol. The minimum Gasteiger partial charge on any atom is -0.380 e. The van der Waals surface area contributed by atoms with Crippen LogP contribution < -0.4 is 11.1 Å². The van der Waals surface area contributed by atoms with Crippen molar-refractivity contribution >= 4 is 21.6 Å². The van der Waals surface area contributed by atoms with Crippen molar-refractivity contribution in [2.24, 2.45) is 5.73 Å². The van der Waals surface area contributed by atoms with Gasteiger partial charge in [0.1, 0.15) is 6.07 Å². The normalized spacial score (nSPS) is 24.1. The molecular formula is C12H15BrN4. The number of rotatable bonds is 2. The van der Waals surface area contributed by atoms with Crippen LogP contribution in [0.3, 0.4) is 0 Å². The van der Waals surface area contributed by atoms with Crippen molar-refractivity contribution in [1.29, 1.82) is 5.26 Å². The summed E-state index contributed by atoms with van der Waals surface area (Å²) in [4.78, 5) is 3.99. The monoisotopic (exact) mass is 294 g/mol. The molecule has 1 heterocycles. The molecule has 0 amide bonds. The Labute approximate surface area is 109 Å². The Morgan fingerprint density at radius 1 is 1.47 bits per heavy atom. The van der Waals surface area contributed by atoms with Gasteiger partial charge in [-0.15, -0.1) is 0 Å². The van der Waals surface area contributed by atoms with Gasteiger partial charge in [-0.25, -0.2) is 4.98 Å². The maximum absolute atomic E-state index is 8.91. The highest BCUT2D eigenvalue weighted by Crippen LogP contribution is 2.27. The largest absolute Gasteiger partial charge is 0.380 e. The van der Waals surface area contributed by atoms with E-state index in [0.29, 0.717) is 5.69 Å². The second kappa shape index (κ2) is 5.48. The molecule has 1 saturated carbocycles. The topological polar surface area (TPSA) is 74.7 Å². The first-order chi connectivity index (χ1) is 8.22. The molecule has 1 aliphatic carbocycles. The maximum Gasteiger partial charge on any atom is 0.156 e. The van der Waals surface area contributed by atoms with Gasteiger partial charge in [-0.05, 0) is 34.8 Å². The van der Waals surface area contributed by atoms with Crippen molar-refractivity contribution in [1.82, 2.24) is 4.98 Å². The summed E-state index contributed by atoms with van der Waals surface area (Å²) in [6.07, 6.45) is 6.20. The number of nitrogens with one attached hydrogen (secondary N) is 1. The molecule has 0 aromatic carbocycles. The van der Waals surface area contributed by atoms with Crippen LogP contribution in [0.15, 0.2) is 16.7 Å². The number of aromatic nitrogens is 1. The lowest BCUT2D eigenvalue weighted by Crippen LogP contribution is -2.42. The van der Waals surface area contributed by atoms with Gasteiger partial charge in [0.15, 0.2) is 5.69 Å². The van der Waals surface area contributed by atoms with E-state index in [-0.39, 0.29) is 12.1 Å². The van der Waals surface area contributed by atoms with Gasteiger partial charge >= 0.3 is 0 Å². The first kappa shape index (κ1) is 12.3. The third-order valence-corrected chi connectivity index (χ3v) is 3.96. The molecule has 1 aliphatic rings. The van der Waals surface area contributed by atoms with Gasteiger partial charge in [-0.3, -0.25) is 0 Å². The summed E-state index contributed by atoms with van der Waals surface area (Å²) in [5.41, 5.74) is 7.39. The Bertz CT molecular complexity index is 441. The summed E-state index contributed by atoms with van der Waals surface area (Å²) in [7, 11) is 0. The average Bonchev–Trinajstić information content (AvgIpc) is 2.34. The first-order valence-electron chi connectivity index (χ1n) is 5.79. The summed E-state index contributed by atoms with van der Waals surface area (Å²) in [6, 6.07) is 4.40. The van der Waals surface area contributed by atoms with Gasteiger partial charge in [0.2, 0.25) is 0 Å². The van der Waals surface area contributed by atoms with E-state index in [2.05, 4.69) is 32.3 Å². The lowest BCUT2D eigenvalue weighted by molar-refractivity contribution is 0.404. The molecule has 1 aromatic heterocycles. The fourth-order valence-corrected chi connectivity index (χ4v) is 2.61. The minimum absolute atomic E-state index is 0.189. The van der Waals surface area contributed by atoms with E-state index < -0.39 is 0 Å². The maximum atomic E-state index is 8.91. The summed E-state index contributed by atoms with van der Waals surface area (Å²) in [6.45, 7) is 0. The van der Waals surface area contributed by atoms with Crippen LogP contribution in [0.1, 0.15) is 31.4 Å². The Morgan fingerprint density at radius 3 is 2.94 bits per heavy atom. The summed E-state index contributed by atoms with van der Waals surface area (Å²) < 4.78 is 0.722. The highest BCUT2D eigenvalue weighted by molar-refractivity contribution is 9.10. The van der Waals surface area contributed by atoms with E-state index in [0.717, 1.165) is 23.0 Å². The SMILES string of the molecule is N#Cc1nccc(N[C@@H]2CCCC[C@@H]2N)c1Br. The number of hydrogen-bond donors (Lipinski definition) is 2. The Kier molecular flexibility index (Phi) is 3.97. The van der Waals surface area contributed by atoms with Gasteiger partial charge in [0.25, 0.3) is 0 Å². The van der Waals surface area contributed by atoms with Crippen LogP contribution in [0.2, 0.25) is 0 Å². The molecule has 1 aromatic rings. The standard InChI is InChI=1S/C12H15BrN4/c13-12-10(5-6-16-11(12)7-14)17-9-4-2-1-3-8(9)15/h5-6,8-9H,1-4,15H2,(H,16,17)/t8-,9+/m0/s1. The smallest absolute Gasteiger partial charge is 0.156 e. The van der Waals surface area contributed by atoms with Crippen LogP contribution in [0.4, 0.5) is 5.69 Å². The molecule has 1 fully saturated rings. The molecule has 2 atom stereocenters. The zero-order valence-corrected chi connectivity index (χ0v) is 11.1. The van der Waals surface area contributed by atoms with Crippen molar-refractivity contribution < 1.29 is 0 Å². The van der Waals surface area contributed by atoms with Crippen molar-refractivity contribution in [3.05, 3.63) is 22.4 Å². The van der Waals surface area contributed by atoms with Gasteiger partial charge in [-0.2, -0.15) is 5.26 Å². The van der Waals surface area contributed by atoms with Gasteiger partial charge in [0, 0.05) is 18.3 Å². The number of anilines is 1. The lowest BCUT2D eigenvalue weighted by atomic mass is 9.91. The second-order valence-electron chi connectivity index (χ2n) is 4.33. The molecule has 3 N–H and O–H groups in total. The molecule has 90 valence electrons. The second-order valence-corrected chi connectivity index (χ2v) is 5.13. The van der Waals surface area contributed by atoms with E-state index in [4.69, 9.17) is 11.0 Å². The molecule has 4 nitrogen and oxygen atoms in total. The van der Waals surface area contributed by atoms with Crippen molar-refractivity contribution in [2.45, 2.75) is 37.8 Å². The molecular weight excluding hydrogens is 280 g/mol.